The van der Waals surface area contributed by atoms with Gasteiger partial charge in [-0.25, -0.2) is 13.1 Å². The number of benzene rings is 1. The van der Waals surface area contributed by atoms with Gasteiger partial charge in [-0.15, -0.1) is 0 Å². The van der Waals surface area contributed by atoms with E-state index >= 15 is 0 Å². The largest absolute Gasteiger partial charge is 0.392 e. The minimum Gasteiger partial charge on any atom is -0.392 e. The first kappa shape index (κ1) is 14.7. The van der Waals surface area contributed by atoms with E-state index in [0.29, 0.717) is 12.0 Å². The molecular weight excluding hydrogens is 278 g/mol. The topological polar surface area (TPSA) is 84.2 Å². The number of aryl methyl sites for hydroxylation is 1. The van der Waals surface area contributed by atoms with Crippen LogP contribution in [0.3, 0.4) is 0 Å². The Morgan fingerprint density at radius 1 is 1.35 bits per heavy atom. The molecular formula is C13H17N3O3S. The predicted molar refractivity (Wildman–Crippen MR) is 74.5 cm³/mol. The number of hydrogen-bond donors (Lipinski definition) is 2. The zero-order valence-corrected chi connectivity index (χ0v) is 12.0. The van der Waals surface area contributed by atoms with Crippen LogP contribution in [0.4, 0.5) is 0 Å². The van der Waals surface area contributed by atoms with Gasteiger partial charge in [-0.3, -0.25) is 4.68 Å². The Hall–Kier alpha value is -1.70. The Kier molecular flexibility index (Phi) is 4.53. The number of rotatable bonds is 6. The second-order valence-electron chi connectivity index (χ2n) is 4.43. The van der Waals surface area contributed by atoms with Crippen molar-refractivity contribution in [2.45, 2.75) is 17.9 Å². The summed E-state index contributed by atoms with van der Waals surface area (Å²) < 4.78 is 28.4. The van der Waals surface area contributed by atoms with Crippen molar-refractivity contribution in [2.75, 3.05) is 6.54 Å². The fraction of sp³-hybridized carbons (Fsp3) is 0.308. The lowest BCUT2D eigenvalue weighted by Gasteiger charge is -2.07. The van der Waals surface area contributed by atoms with Crippen LogP contribution < -0.4 is 4.72 Å². The van der Waals surface area contributed by atoms with Gasteiger partial charge in [0.15, 0.2) is 0 Å². The van der Waals surface area contributed by atoms with Crippen LogP contribution in [-0.2, 0) is 30.1 Å². The SMILES string of the molecule is Cn1ccc(CCNS(=O)(=O)c2cccc(CO)c2)n1. The summed E-state index contributed by atoms with van der Waals surface area (Å²) in [6, 6.07) is 8.10. The summed E-state index contributed by atoms with van der Waals surface area (Å²) in [5, 5.41) is 13.2. The molecule has 2 aromatic rings. The number of aliphatic hydroxyl groups excluding tert-OH is 1. The summed E-state index contributed by atoms with van der Waals surface area (Å²) in [5.74, 6) is 0. The van der Waals surface area contributed by atoms with Gasteiger partial charge in [0.05, 0.1) is 17.2 Å². The van der Waals surface area contributed by atoms with Gasteiger partial charge >= 0.3 is 0 Å². The summed E-state index contributed by atoms with van der Waals surface area (Å²) in [6.07, 6.45) is 2.34. The van der Waals surface area contributed by atoms with Gasteiger partial charge in [0.25, 0.3) is 0 Å². The van der Waals surface area contributed by atoms with E-state index in [1.54, 1.807) is 16.8 Å². The maximum Gasteiger partial charge on any atom is 0.240 e. The molecule has 2 rings (SSSR count). The van der Waals surface area contributed by atoms with E-state index in [1.165, 1.54) is 12.1 Å². The van der Waals surface area contributed by atoms with Gasteiger partial charge in [0.1, 0.15) is 0 Å². The lowest BCUT2D eigenvalue weighted by molar-refractivity contribution is 0.281. The molecule has 0 aliphatic carbocycles. The summed E-state index contributed by atoms with van der Waals surface area (Å²) in [7, 11) is -1.74. The number of sulfonamides is 1. The molecule has 1 aromatic heterocycles. The van der Waals surface area contributed by atoms with E-state index < -0.39 is 10.0 Å². The van der Waals surface area contributed by atoms with Crippen LogP contribution in [0.5, 0.6) is 0 Å². The van der Waals surface area contributed by atoms with E-state index in [-0.39, 0.29) is 18.0 Å². The van der Waals surface area contributed by atoms with Crippen molar-refractivity contribution in [3.63, 3.8) is 0 Å². The van der Waals surface area contributed by atoms with Crippen molar-refractivity contribution in [1.29, 1.82) is 0 Å². The molecule has 0 atom stereocenters. The monoisotopic (exact) mass is 295 g/mol. The highest BCUT2D eigenvalue weighted by atomic mass is 32.2. The molecule has 108 valence electrons. The standard InChI is InChI=1S/C13H17N3O3S/c1-16-8-6-12(15-16)5-7-14-20(18,19)13-4-2-3-11(9-13)10-17/h2-4,6,8-9,14,17H,5,7,10H2,1H3. The third-order valence-electron chi connectivity index (χ3n) is 2.83. The minimum atomic E-state index is -3.55. The number of hydrogen-bond acceptors (Lipinski definition) is 4. The van der Waals surface area contributed by atoms with Crippen molar-refractivity contribution < 1.29 is 13.5 Å². The summed E-state index contributed by atoms with van der Waals surface area (Å²) in [6.45, 7) is 0.0972. The van der Waals surface area contributed by atoms with Crippen molar-refractivity contribution in [2.24, 2.45) is 7.05 Å². The first-order valence-corrected chi connectivity index (χ1v) is 7.67. The Bertz CT molecular complexity index is 680. The smallest absolute Gasteiger partial charge is 0.240 e. The third-order valence-corrected chi connectivity index (χ3v) is 4.29. The molecule has 0 radical (unpaired) electrons. The van der Waals surface area contributed by atoms with E-state index in [2.05, 4.69) is 9.82 Å². The first-order valence-electron chi connectivity index (χ1n) is 6.19. The Balaban J connectivity index is 2.00. The van der Waals surface area contributed by atoms with E-state index in [9.17, 15) is 8.42 Å². The van der Waals surface area contributed by atoms with Crippen molar-refractivity contribution in [3.05, 3.63) is 47.8 Å². The summed E-state index contributed by atoms with van der Waals surface area (Å²) in [5.41, 5.74) is 1.40. The van der Waals surface area contributed by atoms with Crippen LogP contribution in [0.15, 0.2) is 41.4 Å². The molecule has 2 N–H and O–H groups in total. The lowest BCUT2D eigenvalue weighted by atomic mass is 10.2. The summed E-state index contributed by atoms with van der Waals surface area (Å²) >= 11 is 0. The van der Waals surface area contributed by atoms with E-state index in [4.69, 9.17) is 5.11 Å². The average molecular weight is 295 g/mol. The fourth-order valence-electron chi connectivity index (χ4n) is 1.80. The van der Waals surface area contributed by atoms with Crippen molar-refractivity contribution in [1.82, 2.24) is 14.5 Å². The lowest BCUT2D eigenvalue weighted by Crippen LogP contribution is -2.26. The zero-order chi connectivity index (χ0) is 14.6. The minimum absolute atomic E-state index is 0.157. The van der Waals surface area contributed by atoms with Gasteiger partial charge in [-0.05, 0) is 23.8 Å². The highest BCUT2D eigenvalue weighted by molar-refractivity contribution is 7.89. The second kappa shape index (κ2) is 6.17. The maximum absolute atomic E-state index is 12.1. The van der Waals surface area contributed by atoms with Crippen LogP contribution >= 0.6 is 0 Å². The molecule has 0 amide bonds. The van der Waals surface area contributed by atoms with Gasteiger partial charge in [0.2, 0.25) is 10.0 Å². The van der Waals surface area contributed by atoms with Crippen molar-refractivity contribution >= 4 is 10.0 Å². The fourth-order valence-corrected chi connectivity index (χ4v) is 2.91. The van der Waals surface area contributed by atoms with E-state index in [1.807, 2.05) is 19.3 Å². The molecule has 20 heavy (non-hydrogen) atoms. The summed E-state index contributed by atoms with van der Waals surface area (Å²) in [4.78, 5) is 0.157. The Morgan fingerprint density at radius 3 is 2.80 bits per heavy atom. The average Bonchev–Trinajstić information content (AvgIpc) is 2.84. The zero-order valence-electron chi connectivity index (χ0n) is 11.2. The molecule has 0 bridgehead atoms. The Labute approximate surface area is 118 Å². The molecule has 0 unspecified atom stereocenters. The molecule has 1 heterocycles. The molecule has 0 saturated heterocycles. The highest BCUT2D eigenvalue weighted by Crippen LogP contribution is 2.11. The third kappa shape index (κ3) is 3.66. The molecule has 7 heteroatoms. The molecule has 0 saturated carbocycles. The molecule has 0 fully saturated rings. The first-order chi connectivity index (χ1) is 9.51. The normalized spacial score (nSPS) is 11.7. The number of nitrogens with zero attached hydrogens (tertiary/aromatic N) is 2. The van der Waals surface area contributed by atoms with Gasteiger partial charge in [0, 0.05) is 26.2 Å². The van der Waals surface area contributed by atoms with Crippen LogP contribution in [0.2, 0.25) is 0 Å². The van der Waals surface area contributed by atoms with Crippen LogP contribution in [0.25, 0.3) is 0 Å². The van der Waals surface area contributed by atoms with E-state index in [0.717, 1.165) is 5.69 Å². The second-order valence-corrected chi connectivity index (χ2v) is 6.20. The van der Waals surface area contributed by atoms with Crippen molar-refractivity contribution in [3.8, 4) is 0 Å². The predicted octanol–water partition coefficient (Wildman–Crippen LogP) is 0.433. The van der Waals surface area contributed by atoms with Crippen LogP contribution in [-0.4, -0.2) is 29.8 Å². The quantitative estimate of drug-likeness (QED) is 0.809. The highest BCUT2D eigenvalue weighted by Gasteiger charge is 2.13. The number of aromatic nitrogens is 2. The molecule has 0 aliphatic rings. The van der Waals surface area contributed by atoms with Crippen LogP contribution in [0.1, 0.15) is 11.3 Å². The van der Waals surface area contributed by atoms with Gasteiger partial charge in [-0.1, -0.05) is 12.1 Å². The Morgan fingerprint density at radius 2 is 2.15 bits per heavy atom. The molecule has 0 spiro atoms. The van der Waals surface area contributed by atoms with Crippen LogP contribution in [0, 0.1) is 0 Å². The van der Waals surface area contributed by atoms with Gasteiger partial charge < -0.3 is 5.11 Å². The van der Waals surface area contributed by atoms with Gasteiger partial charge in [-0.2, -0.15) is 5.10 Å². The number of nitrogens with one attached hydrogen (secondary N) is 1. The molecule has 1 aromatic carbocycles. The molecule has 0 aliphatic heterocycles. The maximum atomic E-state index is 12.1. The molecule has 6 nitrogen and oxygen atoms in total. The number of aliphatic hydroxyl groups is 1.